The van der Waals surface area contributed by atoms with Gasteiger partial charge in [-0.3, -0.25) is 0 Å². The van der Waals surface area contributed by atoms with Gasteiger partial charge in [0.05, 0.1) is 0 Å². The molecule has 0 unspecified atom stereocenters. The van der Waals surface area contributed by atoms with Gasteiger partial charge < -0.3 is 52.1 Å². The van der Waals surface area contributed by atoms with E-state index in [-0.39, 0.29) is 74.5 Å². The van der Waals surface area contributed by atoms with Crippen LogP contribution >= 0.6 is 16.7 Å². The number of hydrogen-bond donors (Lipinski definition) is 0. The molecule has 0 amide bonds. The summed E-state index contributed by atoms with van der Waals surface area (Å²) in [5.74, 6) is 0. The molecule has 0 atom stereocenters. The minimum absolute atomic E-state index is 0. The third-order valence-electron chi connectivity index (χ3n) is 2.40. The molecule has 0 heterocycles. The Morgan fingerprint density at radius 1 is 0.346 bits per heavy atom. The molecule has 0 radical (unpaired) electrons. The summed E-state index contributed by atoms with van der Waals surface area (Å²) in [6, 6.07) is 0. The Bertz CT molecular complexity index is 193. The number of hydrogen-bond acceptors (Lipinski definition) is 6. The predicted octanol–water partition coefficient (Wildman–Crippen LogP) is -6.83. The Morgan fingerprint density at radius 2 is 0.423 bits per heavy atom. The van der Waals surface area contributed by atoms with Crippen molar-refractivity contribution >= 4 is 16.7 Å². The van der Waals surface area contributed by atoms with Crippen LogP contribution < -0.4 is 37.2 Å². The average molecular weight is 662 g/mol. The van der Waals surface area contributed by atoms with Gasteiger partial charge in [0, 0.05) is 84.6 Å². The van der Waals surface area contributed by atoms with Crippen molar-refractivity contribution < 1.29 is 59.6 Å². The first-order chi connectivity index (χ1) is 8.93. The van der Waals surface area contributed by atoms with Gasteiger partial charge in [-0.1, -0.05) is 0 Å². The zero-order valence-electron chi connectivity index (χ0n) is 19.1. The minimum atomic E-state index is -0.596. The van der Waals surface area contributed by atoms with Gasteiger partial charge in [0.2, 0.25) is 16.7 Å². The molecular formula is C14H44AuCl3N6P2. The second-order valence-electron chi connectivity index (χ2n) is 5.97. The zero-order valence-corrected chi connectivity index (χ0v) is 25.6. The molecule has 0 spiro atoms. The van der Waals surface area contributed by atoms with Gasteiger partial charge in [-0.05, 0) is 0 Å². The molecule has 0 aromatic rings. The van der Waals surface area contributed by atoms with Crippen LogP contribution in [0.2, 0.25) is 0 Å². The second-order valence-corrected chi connectivity index (χ2v) is 12.5. The number of rotatable bonds is 6. The monoisotopic (exact) mass is 660 g/mol. The van der Waals surface area contributed by atoms with E-state index in [9.17, 15) is 0 Å². The maximum Gasteiger partial charge on any atom is 3.00 e. The fourth-order valence-corrected chi connectivity index (χ4v) is 7.20. The fraction of sp³-hybridized carbons (Fsp3) is 0.857. The molecule has 6 nitrogen and oxygen atoms in total. The normalized spacial score (nSPS) is 9.69. The van der Waals surface area contributed by atoms with Crippen molar-refractivity contribution in [2.75, 3.05) is 84.6 Å². The Labute approximate surface area is 202 Å². The van der Waals surface area contributed by atoms with Crippen LogP contribution in [0.25, 0.3) is 0 Å². The maximum absolute atomic E-state index is 2.27. The largest absolute Gasteiger partial charge is 3.00 e. The molecule has 0 aliphatic heterocycles. The molecule has 0 saturated carbocycles. The summed E-state index contributed by atoms with van der Waals surface area (Å²) in [5, 5.41) is 0. The van der Waals surface area contributed by atoms with Gasteiger partial charge in [-0.15, -0.1) is 0 Å². The molecule has 0 aromatic carbocycles. The van der Waals surface area contributed by atoms with Crippen LogP contribution in [0.4, 0.5) is 0 Å². The maximum atomic E-state index is 2.27. The molecule has 172 valence electrons. The molecule has 0 fully saturated rings. The van der Waals surface area contributed by atoms with Crippen LogP contribution in [-0.4, -0.2) is 113 Å². The van der Waals surface area contributed by atoms with Crippen molar-refractivity contribution in [2.24, 2.45) is 0 Å². The molecule has 0 saturated heterocycles. The first kappa shape index (κ1) is 51.1. The molecule has 12 heteroatoms. The number of halogens is 3. The van der Waals surface area contributed by atoms with E-state index in [1.165, 1.54) is 0 Å². The summed E-state index contributed by atoms with van der Waals surface area (Å²) in [6.45, 7) is 0. The van der Waals surface area contributed by atoms with Gasteiger partial charge in [0.25, 0.3) is 0 Å². The summed E-state index contributed by atoms with van der Waals surface area (Å²) in [4.78, 5) is 0. The van der Waals surface area contributed by atoms with Crippen LogP contribution in [0, 0.1) is 14.9 Å². The van der Waals surface area contributed by atoms with Gasteiger partial charge in [0.1, 0.15) is 0 Å². The third kappa shape index (κ3) is 24.3. The second kappa shape index (κ2) is 27.2. The van der Waals surface area contributed by atoms with Gasteiger partial charge in [-0.2, -0.15) is 28.0 Å². The predicted molar refractivity (Wildman–Crippen MR) is 112 cm³/mol. The molecule has 0 aliphatic rings. The van der Waals surface area contributed by atoms with Crippen molar-refractivity contribution in [3.8, 4) is 0 Å². The van der Waals surface area contributed by atoms with Crippen LogP contribution in [0.3, 0.4) is 0 Å². The molecule has 0 aromatic heterocycles. The minimum Gasteiger partial charge on any atom is -1.00 e. The average Bonchev–Trinajstić information content (AvgIpc) is 2.12. The standard InChI is InChI=1S/2C6H18N3P.2CH3.Au.3ClH/c2*1-7(2)10(8(3)4)9(5)6;;;;;;/h2*1-6H3;2*1H3;;3*1H/q;;2*-1;+3;;;/p-1. The van der Waals surface area contributed by atoms with E-state index < -0.39 is 16.7 Å². The van der Waals surface area contributed by atoms with Crippen LogP contribution in [-0.2, 0) is 22.4 Å². The Balaban J connectivity index is -0.0000000337. The molecule has 0 aliphatic carbocycles. The Morgan fingerprint density at radius 3 is 0.423 bits per heavy atom. The smallest absolute Gasteiger partial charge is 1.00 e. The summed E-state index contributed by atoms with van der Waals surface area (Å²) in [5.41, 5.74) is 0. The molecular weight excluding hydrogens is 617 g/mol. The number of nitrogens with zero attached hydrogens (tertiary/aromatic N) is 6. The molecule has 0 bridgehead atoms. The van der Waals surface area contributed by atoms with Gasteiger partial charge in [0.15, 0.2) is 0 Å². The van der Waals surface area contributed by atoms with E-state index in [0.29, 0.717) is 0 Å². The van der Waals surface area contributed by atoms with Crippen LogP contribution in [0.1, 0.15) is 0 Å². The van der Waals surface area contributed by atoms with Crippen LogP contribution in [0.5, 0.6) is 0 Å². The summed E-state index contributed by atoms with van der Waals surface area (Å²) >= 11 is 0. The third-order valence-corrected chi connectivity index (χ3v) is 7.20. The first-order valence-corrected chi connectivity index (χ1v) is 9.39. The van der Waals surface area contributed by atoms with E-state index in [1.54, 1.807) is 0 Å². The summed E-state index contributed by atoms with van der Waals surface area (Å²) in [6.07, 6.45) is 0. The van der Waals surface area contributed by atoms with Crippen molar-refractivity contribution in [2.45, 2.75) is 0 Å². The zero-order chi connectivity index (χ0) is 16.6. The van der Waals surface area contributed by atoms with E-state index in [2.05, 4.69) is 113 Å². The van der Waals surface area contributed by atoms with Crippen molar-refractivity contribution in [1.82, 2.24) is 28.0 Å². The SMILES string of the molecule is CN(C)[PH+](N(C)C)N(C)C.CN(C)[PH+](N(C)C)N(C)C.[Au+3].[CH3-].[CH3-].[Cl-].[Cl-].[Cl-]. The van der Waals surface area contributed by atoms with Gasteiger partial charge in [-0.25, -0.2) is 0 Å². The quantitative estimate of drug-likeness (QED) is 0.159. The van der Waals surface area contributed by atoms with Gasteiger partial charge >= 0.3 is 22.4 Å². The Hall–Kier alpha value is 2.23. The first-order valence-electron chi connectivity index (χ1n) is 6.71. The van der Waals surface area contributed by atoms with E-state index in [4.69, 9.17) is 0 Å². The molecule has 0 rings (SSSR count). The fourth-order valence-electron chi connectivity index (χ4n) is 2.40. The Kier molecular flexibility index (Phi) is 53.6. The molecule has 0 N–H and O–H groups in total. The van der Waals surface area contributed by atoms with Crippen molar-refractivity contribution in [3.05, 3.63) is 14.9 Å². The van der Waals surface area contributed by atoms with Crippen molar-refractivity contribution in [1.29, 1.82) is 0 Å². The van der Waals surface area contributed by atoms with Crippen molar-refractivity contribution in [3.63, 3.8) is 0 Å². The van der Waals surface area contributed by atoms with E-state index >= 15 is 0 Å². The topological polar surface area (TPSA) is 19.4 Å². The van der Waals surface area contributed by atoms with E-state index in [1.807, 2.05) is 0 Å². The summed E-state index contributed by atoms with van der Waals surface area (Å²) < 4.78 is 13.6. The summed E-state index contributed by atoms with van der Waals surface area (Å²) in [7, 11) is 24.2. The van der Waals surface area contributed by atoms with Crippen LogP contribution in [0.15, 0.2) is 0 Å². The molecule has 26 heavy (non-hydrogen) atoms. The van der Waals surface area contributed by atoms with E-state index in [0.717, 1.165) is 0 Å².